The van der Waals surface area contributed by atoms with E-state index < -0.39 is 28.5 Å². The first-order chi connectivity index (χ1) is 14.0. The third kappa shape index (κ3) is 6.35. The van der Waals surface area contributed by atoms with Gasteiger partial charge in [-0.1, -0.05) is 53.5 Å². The van der Waals surface area contributed by atoms with Crippen LogP contribution in [0.25, 0.3) is 0 Å². The lowest BCUT2D eigenvalue weighted by atomic mass is 10.1. The van der Waals surface area contributed by atoms with E-state index in [4.69, 9.17) is 23.2 Å². The Labute approximate surface area is 186 Å². The largest absolute Gasteiger partial charge is 0.357 e. The van der Waals surface area contributed by atoms with Gasteiger partial charge in [0, 0.05) is 23.6 Å². The average Bonchev–Trinajstić information content (AvgIpc) is 2.68. The van der Waals surface area contributed by atoms with Crippen molar-refractivity contribution < 1.29 is 18.0 Å². The van der Waals surface area contributed by atoms with Crippen LogP contribution < -0.4 is 9.62 Å². The van der Waals surface area contributed by atoms with Crippen LogP contribution in [0.1, 0.15) is 12.5 Å². The van der Waals surface area contributed by atoms with Crippen LogP contribution in [0.3, 0.4) is 0 Å². The molecule has 0 radical (unpaired) electrons. The molecule has 0 unspecified atom stereocenters. The van der Waals surface area contributed by atoms with Gasteiger partial charge < -0.3 is 10.2 Å². The minimum absolute atomic E-state index is 0.141. The Morgan fingerprint density at radius 1 is 1.07 bits per heavy atom. The van der Waals surface area contributed by atoms with Gasteiger partial charge in [0.25, 0.3) is 0 Å². The summed E-state index contributed by atoms with van der Waals surface area (Å²) in [6, 6.07) is 12.6. The molecule has 30 heavy (non-hydrogen) atoms. The van der Waals surface area contributed by atoms with E-state index in [1.54, 1.807) is 6.92 Å². The van der Waals surface area contributed by atoms with Crippen molar-refractivity contribution in [2.24, 2.45) is 0 Å². The Bertz CT molecular complexity index is 996. The lowest BCUT2D eigenvalue weighted by molar-refractivity contribution is -0.139. The van der Waals surface area contributed by atoms with Gasteiger partial charge in [-0.05, 0) is 30.7 Å². The summed E-state index contributed by atoms with van der Waals surface area (Å²) < 4.78 is 25.8. The summed E-state index contributed by atoms with van der Waals surface area (Å²) in [6.07, 6.45) is 0.985. The summed E-state index contributed by atoms with van der Waals surface area (Å²) in [5.41, 5.74) is 0.967. The zero-order valence-corrected chi connectivity index (χ0v) is 19.1. The molecule has 0 bridgehead atoms. The fourth-order valence-electron chi connectivity index (χ4n) is 2.87. The van der Waals surface area contributed by atoms with Crippen molar-refractivity contribution in [3.05, 3.63) is 64.1 Å². The number of carbonyl (C=O) groups excluding carboxylic acids is 2. The molecular weight excluding hydrogens is 449 g/mol. The van der Waals surface area contributed by atoms with Gasteiger partial charge in [0.05, 0.1) is 11.9 Å². The highest BCUT2D eigenvalue weighted by Gasteiger charge is 2.29. The molecule has 2 aromatic carbocycles. The number of amides is 2. The summed E-state index contributed by atoms with van der Waals surface area (Å²) >= 11 is 12.0. The Morgan fingerprint density at radius 2 is 1.63 bits per heavy atom. The van der Waals surface area contributed by atoms with Crippen molar-refractivity contribution in [2.75, 3.05) is 24.2 Å². The SMILES string of the molecule is CNC(=O)[C@@H](C)N(Cc1ccccc1)C(=O)CN(c1cc(Cl)cc(Cl)c1)S(C)(=O)=O. The van der Waals surface area contributed by atoms with Crippen LogP contribution in [0.5, 0.6) is 0 Å². The smallest absolute Gasteiger partial charge is 0.244 e. The van der Waals surface area contributed by atoms with Crippen molar-refractivity contribution in [3.63, 3.8) is 0 Å². The number of nitrogens with zero attached hydrogens (tertiary/aromatic N) is 2. The van der Waals surface area contributed by atoms with Crippen LogP contribution in [-0.4, -0.2) is 51.0 Å². The normalized spacial score (nSPS) is 12.2. The minimum atomic E-state index is -3.84. The first kappa shape index (κ1) is 24.0. The van der Waals surface area contributed by atoms with Gasteiger partial charge in [-0.25, -0.2) is 8.42 Å². The van der Waals surface area contributed by atoms with Gasteiger partial charge in [0.1, 0.15) is 12.6 Å². The second kappa shape index (κ2) is 10.1. The van der Waals surface area contributed by atoms with E-state index in [1.807, 2.05) is 30.3 Å². The van der Waals surface area contributed by atoms with Gasteiger partial charge in [0.15, 0.2) is 0 Å². The number of anilines is 1. The molecule has 0 aliphatic rings. The number of carbonyl (C=O) groups is 2. The molecule has 10 heteroatoms. The van der Waals surface area contributed by atoms with Gasteiger partial charge in [0.2, 0.25) is 21.8 Å². The van der Waals surface area contributed by atoms with Crippen LogP contribution in [0, 0.1) is 0 Å². The molecule has 2 amide bonds. The monoisotopic (exact) mass is 471 g/mol. The molecule has 0 aliphatic carbocycles. The van der Waals surface area contributed by atoms with Crippen LogP contribution in [0.15, 0.2) is 48.5 Å². The quantitative estimate of drug-likeness (QED) is 0.640. The van der Waals surface area contributed by atoms with Crippen LogP contribution >= 0.6 is 23.2 Å². The maximum absolute atomic E-state index is 13.2. The fraction of sp³-hybridized carbons (Fsp3) is 0.300. The number of benzene rings is 2. The topological polar surface area (TPSA) is 86.8 Å². The summed E-state index contributed by atoms with van der Waals surface area (Å²) in [7, 11) is -2.36. The van der Waals surface area contributed by atoms with Gasteiger partial charge in [-0.15, -0.1) is 0 Å². The van der Waals surface area contributed by atoms with Crippen LogP contribution in [0.2, 0.25) is 10.0 Å². The highest BCUT2D eigenvalue weighted by atomic mass is 35.5. The van der Waals surface area contributed by atoms with Gasteiger partial charge >= 0.3 is 0 Å². The predicted octanol–water partition coefficient (Wildman–Crippen LogP) is 2.92. The number of hydrogen-bond donors (Lipinski definition) is 1. The predicted molar refractivity (Wildman–Crippen MR) is 119 cm³/mol. The molecule has 0 heterocycles. The maximum Gasteiger partial charge on any atom is 0.244 e. The van der Waals surface area contributed by atoms with Crippen molar-refractivity contribution in [2.45, 2.75) is 19.5 Å². The molecule has 0 aromatic heterocycles. The molecule has 0 spiro atoms. The van der Waals surface area contributed by atoms with E-state index in [0.29, 0.717) is 0 Å². The molecule has 2 rings (SSSR count). The summed E-state index contributed by atoms with van der Waals surface area (Å²) in [5.74, 6) is -0.910. The lowest BCUT2D eigenvalue weighted by Gasteiger charge is -2.31. The van der Waals surface area contributed by atoms with E-state index in [1.165, 1.54) is 30.1 Å². The number of sulfonamides is 1. The summed E-state index contributed by atoms with van der Waals surface area (Å²) in [4.78, 5) is 26.7. The van der Waals surface area contributed by atoms with Crippen molar-refractivity contribution >= 4 is 50.7 Å². The van der Waals surface area contributed by atoms with E-state index in [9.17, 15) is 18.0 Å². The summed E-state index contributed by atoms with van der Waals surface area (Å²) in [6.45, 7) is 1.21. The van der Waals surface area contributed by atoms with E-state index in [2.05, 4.69) is 5.32 Å². The molecule has 1 atom stereocenters. The Kier molecular flexibility index (Phi) is 8.11. The molecule has 0 aliphatic heterocycles. The average molecular weight is 472 g/mol. The number of halogens is 2. The van der Waals surface area contributed by atoms with E-state index in [0.717, 1.165) is 16.1 Å². The maximum atomic E-state index is 13.2. The second-order valence-corrected chi connectivity index (χ2v) is 9.47. The molecule has 7 nitrogen and oxygen atoms in total. The Hall–Kier alpha value is -2.29. The first-order valence-electron chi connectivity index (χ1n) is 9.01. The number of likely N-dealkylation sites (N-methyl/N-ethyl adjacent to an activating group) is 1. The van der Waals surface area contributed by atoms with E-state index >= 15 is 0 Å². The molecule has 2 aromatic rings. The number of rotatable bonds is 8. The Balaban J connectivity index is 2.39. The zero-order valence-electron chi connectivity index (χ0n) is 16.8. The minimum Gasteiger partial charge on any atom is -0.357 e. The van der Waals surface area contributed by atoms with Crippen molar-refractivity contribution in [1.29, 1.82) is 0 Å². The third-order valence-electron chi connectivity index (χ3n) is 4.42. The molecule has 0 fully saturated rings. The lowest BCUT2D eigenvalue weighted by Crippen LogP contribution is -2.50. The number of hydrogen-bond acceptors (Lipinski definition) is 4. The number of nitrogens with one attached hydrogen (secondary N) is 1. The van der Waals surface area contributed by atoms with Crippen LogP contribution in [0.4, 0.5) is 5.69 Å². The van der Waals surface area contributed by atoms with Crippen molar-refractivity contribution in [3.8, 4) is 0 Å². The Morgan fingerprint density at radius 3 is 2.13 bits per heavy atom. The fourth-order valence-corrected chi connectivity index (χ4v) is 4.22. The molecule has 162 valence electrons. The standard InChI is InChI=1S/C20H23Cl2N3O4S/c1-14(20(27)23-2)24(12-15-7-5-4-6-8-15)19(26)13-25(30(3,28)29)18-10-16(21)9-17(22)11-18/h4-11,14H,12-13H2,1-3H3,(H,23,27)/t14-/m1/s1. The second-order valence-electron chi connectivity index (χ2n) is 6.69. The molecule has 0 saturated heterocycles. The van der Waals surface area contributed by atoms with Crippen molar-refractivity contribution in [1.82, 2.24) is 10.2 Å². The van der Waals surface area contributed by atoms with E-state index in [-0.39, 0.29) is 28.2 Å². The van der Waals surface area contributed by atoms with Gasteiger partial charge in [-0.3, -0.25) is 13.9 Å². The molecular formula is C20H23Cl2N3O4S. The molecule has 0 saturated carbocycles. The molecule has 1 N–H and O–H groups in total. The first-order valence-corrected chi connectivity index (χ1v) is 11.6. The van der Waals surface area contributed by atoms with Crippen LogP contribution in [-0.2, 0) is 26.2 Å². The summed E-state index contributed by atoms with van der Waals surface area (Å²) in [5, 5.41) is 2.99. The zero-order chi connectivity index (χ0) is 22.5. The van der Waals surface area contributed by atoms with Gasteiger partial charge in [-0.2, -0.15) is 0 Å². The highest BCUT2D eigenvalue weighted by molar-refractivity contribution is 7.92. The highest BCUT2D eigenvalue weighted by Crippen LogP contribution is 2.27. The third-order valence-corrected chi connectivity index (χ3v) is 6.00.